The number of anilines is 3. The molecule has 2 aromatic heterocycles. The average molecular weight is 881 g/mol. The lowest BCUT2D eigenvalue weighted by Gasteiger charge is -2.27. The lowest BCUT2D eigenvalue weighted by atomic mass is 9.97. The van der Waals surface area contributed by atoms with Crippen LogP contribution in [-0.2, 0) is 0 Å². The molecule has 2 heterocycles. The minimum absolute atomic E-state index is 0.893. The molecule has 0 spiro atoms. The van der Waals surface area contributed by atoms with Gasteiger partial charge in [0.1, 0.15) is 11.2 Å². The van der Waals surface area contributed by atoms with Gasteiger partial charge in [0.15, 0.2) is 0 Å². The number of furan rings is 1. The maximum atomic E-state index is 6.55. The lowest BCUT2D eigenvalue weighted by Crippen LogP contribution is -2.10. The van der Waals surface area contributed by atoms with Crippen molar-refractivity contribution in [3.63, 3.8) is 0 Å². The summed E-state index contributed by atoms with van der Waals surface area (Å²) in [7, 11) is 0. The minimum Gasteiger partial charge on any atom is -0.455 e. The number of fused-ring (bicyclic) bond motifs is 6. The molecule has 13 aromatic rings. The van der Waals surface area contributed by atoms with Crippen molar-refractivity contribution in [1.82, 2.24) is 4.57 Å². The van der Waals surface area contributed by atoms with Gasteiger partial charge in [-0.05, 0) is 111 Å². The van der Waals surface area contributed by atoms with E-state index in [0.717, 1.165) is 78.1 Å². The van der Waals surface area contributed by atoms with Crippen molar-refractivity contribution in [2.45, 2.75) is 0 Å². The van der Waals surface area contributed by atoms with Gasteiger partial charge in [-0.1, -0.05) is 200 Å². The Balaban J connectivity index is 0.896. The van der Waals surface area contributed by atoms with Crippen LogP contribution in [0.4, 0.5) is 17.1 Å². The normalized spacial score (nSPS) is 11.5. The fraction of sp³-hybridized carbons (Fsp3) is 0. The highest BCUT2D eigenvalue weighted by atomic mass is 16.3. The van der Waals surface area contributed by atoms with Gasteiger partial charge in [0, 0.05) is 49.7 Å². The molecule has 0 unspecified atom stereocenters. The molecule has 0 N–H and O–H groups in total. The SMILES string of the molecule is c1ccc(-c2ccc(-c3cccc(N(c4ccc(-c5cccc(-c6ccccc6-n6c7ccccc7c7ccccc76)c5)cc4)c4cccc(-c5cccc6c5oc5ccccc56)c4)c3)cc2)cc1. The number of rotatable bonds is 9. The van der Waals surface area contributed by atoms with Gasteiger partial charge < -0.3 is 13.9 Å². The van der Waals surface area contributed by atoms with Crippen molar-refractivity contribution >= 4 is 60.8 Å². The van der Waals surface area contributed by atoms with E-state index in [1.165, 1.54) is 44.1 Å². The Bertz CT molecular complexity index is 3960. The quantitative estimate of drug-likeness (QED) is 0.144. The van der Waals surface area contributed by atoms with Gasteiger partial charge in [-0.15, -0.1) is 0 Å². The third-order valence-electron chi connectivity index (χ3n) is 13.6. The van der Waals surface area contributed by atoms with E-state index in [1.54, 1.807) is 0 Å². The second kappa shape index (κ2) is 16.9. The molecule has 0 radical (unpaired) electrons. The largest absolute Gasteiger partial charge is 0.455 e. The van der Waals surface area contributed by atoms with Crippen LogP contribution in [0.15, 0.2) is 271 Å². The van der Waals surface area contributed by atoms with E-state index in [2.05, 4.69) is 264 Å². The first kappa shape index (κ1) is 40.1. The van der Waals surface area contributed by atoms with E-state index < -0.39 is 0 Å². The summed E-state index contributed by atoms with van der Waals surface area (Å²) in [6.07, 6.45) is 0. The van der Waals surface area contributed by atoms with Crippen LogP contribution in [0.5, 0.6) is 0 Å². The molecular weight excluding hydrogens is 837 g/mol. The number of para-hydroxylation sites is 5. The van der Waals surface area contributed by atoms with E-state index in [9.17, 15) is 0 Å². The summed E-state index contributed by atoms with van der Waals surface area (Å²) < 4.78 is 8.96. The van der Waals surface area contributed by atoms with Crippen LogP contribution >= 0.6 is 0 Å². The first-order valence-corrected chi connectivity index (χ1v) is 23.6. The number of aromatic nitrogens is 1. The molecule has 13 rings (SSSR count). The second-order valence-corrected chi connectivity index (χ2v) is 17.7. The number of hydrogen-bond donors (Lipinski definition) is 0. The summed E-state index contributed by atoms with van der Waals surface area (Å²) in [6, 6.07) is 96.0. The maximum absolute atomic E-state index is 6.55. The molecule has 0 atom stereocenters. The van der Waals surface area contributed by atoms with Crippen LogP contribution in [0.2, 0.25) is 0 Å². The highest BCUT2D eigenvalue weighted by molar-refractivity contribution is 6.11. The van der Waals surface area contributed by atoms with Crippen molar-refractivity contribution < 1.29 is 4.42 Å². The minimum atomic E-state index is 0.893. The topological polar surface area (TPSA) is 21.3 Å². The molecule has 0 amide bonds. The van der Waals surface area contributed by atoms with E-state index in [1.807, 2.05) is 12.1 Å². The van der Waals surface area contributed by atoms with Crippen LogP contribution in [-0.4, -0.2) is 4.57 Å². The highest BCUT2D eigenvalue weighted by Gasteiger charge is 2.19. The van der Waals surface area contributed by atoms with Gasteiger partial charge >= 0.3 is 0 Å². The van der Waals surface area contributed by atoms with Crippen molar-refractivity contribution in [1.29, 1.82) is 0 Å². The van der Waals surface area contributed by atoms with Crippen molar-refractivity contribution in [2.75, 3.05) is 4.90 Å². The molecule has 11 aromatic carbocycles. The Hall–Kier alpha value is -9.18. The van der Waals surface area contributed by atoms with E-state index in [4.69, 9.17) is 4.42 Å². The van der Waals surface area contributed by atoms with Gasteiger partial charge in [0.05, 0.1) is 16.7 Å². The molecule has 69 heavy (non-hydrogen) atoms. The van der Waals surface area contributed by atoms with Crippen molar-refractivity contribution in [3.8, 4) is 61.3 Å². The second-order valence-electron chi connectivity index (χ2n) is 17.7. The number of nitrogens with zero attached hydrogens (tertiary/aromatic N) is 2. The summed E-state index contributed by atoms with van der Waals surface area (Å²) in [5, 5.41) is 4.75. The maximum Gasteiger partial charge on any atom is 0.143 e. The third kappa shape index (κ3) is 7.16. The van der Waals surface area contributed by atoms with Crippen LogP contribution in [0.25, 0.3) is 105 Å². The van der Waals surface area contributed by atoms with Gasteiger partial charge in [0.25, 0.3) is 0 Å². The molecule has 0 aliphatic carbocycles. The molecule has 0 saturated carbocycles. The zero-order valence-corrected chi connectivity index (χ0v) is 37.7. The molecule has 0 aliphatic heterocycles. The average Bonchev–Trinajstić information content (AvgIpc) is 3.98. The van der Waals surface area contributed by atoms with Gasteiger partial charge in [-0.2, -0.15) is 0 Å². The fourth-order valence-electron chi connectivity index (χ4n) is 10.3. The molecule has 3 nitrogen and oxygen atoms in total. The lowest BCUT2D eigenvalue weighted by molar-refractivity contribution is 0.670. The fourth-order valence-corrected chi connectivity index (χ4v) is 10.3. The van der Waals surface area contributed by atoms with E-state index >= 15 is 0 Å². The summed E-state index contributed by atoms with van der Waals surface area (Å²) in [5.41, 5.74) is 20.0. The molecular formula is C66H44N2O. The summed E-state index contributed by atoms with van der Waals surface area (Å²) >= 11 is 0. The summed E-state index contributed by atoms with van der Waals surface area (Å²) in [5.74, 6) is 0. The van der Waals surface area contributed by atoms with E-state index in [-0.39, 0.29) is 0 Å². The molecule has 324 valence electrons. The van der Waals surface area contributed by atoms with Crippen LogP contribution < -0.4 is 4.90 Å². The smallest absolute Gasteiger partial charge is 0.143 e. The standard InChI is InChI=1S/C66H44N2O/c1-2-16-45(17-3-1)46-34-36-47(37-35-46)50-19-13-22-54(43-50)67(55-23-14-21-52(44-55)57-28-15-29-61-60-27-7-11-33-65(60)69-66(57)61)53-40-38-48(39-41-53)49-18-12-20-51(42-49)56-24-4-8-30-62(56)68-63-31-9-5-25-58(63)59-26-6-10-32-64(59)68/h1-44H. The summed E-state index contributed by atoms with van der Waals surface area (Å²) in [4.78, 5) is 2.37. The Morgan fingerprint density at radius 3 is 1.43 bits per heavy atom. The Morgan fingerprint density at radius 2 is 0.725 bits per heavy atom. The van der Waals surface area contributed by atoms with Crippen molar-refractivity contribution in [2.24, 2.45) is 0 Å². The van der Waals surface area contributed by atoms with Crippen LogP contribution in [0.3, 0.4) is 0 Å². The van der Waals surface area contributed by atoms with Crippen molar-refractivity contribution in [3.05, 3.63) is 267 Å². The first-order chi connectivity index (χ1) is 34.2. The Labute approximate surface area is 401 Å². The van der Waals surface area contributed by atoms with Gasteiger partial charge in [-0.25, -0.2) is 0 Å². The predicted molar refractivity (Wildman–Crippen MR) is 290 cm³/mol. The van der Waals surface area contributed by atoms with Gasteiger partial charge in [0.2, 0.25) is 0 Å². The van der Waals surface area contributed by atoms with Crippen LogP contribution in [0.1, 0.15) is 0 Å². The number of benzene rings is 11. The molecule has 0 fully saturated rings. The highest BCUT2D eigenvalue weighted by Crippen LogP contribution is 2.43. The monoisotopic (exact) mass is 880 g/mol. The number of hydrogen-bond acceptors (Lipinski definition) is 2. The molecule has 0 aliphatic rings. The predicted octanol–water partition coefficient (Wildman–Crippen LogP) is 18.5. The zero-order chi connectivity index (χ0) is 45.7. The van der Waals surface area contributed by atoms with Gasteiger partial charge in [-0.3, -0.25) is 0 Å². The van der Waals surface area contributed by atoms with Crippen LogP contribution in [0, 0.1) is 0 Å². The Kier molecular flexibility index (Phi) is 9.84. The molecule has 0 bridgehead atoms. The third-order valence-corrected chi connectivity index (χ3v) is 13.6. The molecule has 3 heteroatoms. The summed E-state index contributed by atoms with van der Waals surface area (Å²) in [6.45, 7) is 0. The first-order valence-electron chi connectivity index (χ1n) is 23.6. The molecule has 0 saturated heterocycles. The van der Waals surface area contributed by atoms with E-state index in [0.29, 0.717) is 0 Å². The Morgan fingerprint density at radius 1 is 0.275 bits per heavy atom. The zero-order valence-electron chi connectivity index (χ0n) is 37.7.